The summed E-state index contributed by atoms with van der Waals surface area (Å²) in [5.41, 5.74) is 3.02. The summed E-state index contributed by atoms with van der Waals surface area (Å²) in [5, 5.41) is 6.42. The zero-order valence-electron chi connectivity index (χ0n) is 14.0. The van der Waals surface area contributed by atoms with Crippen LogP contribution >= 0.6 is 11.3 Å². The summed E-state index contributed by atoms with van der Waals surface area (Å²) >= 11 is 1.63. The third-order valence-electron chi connectivity index (χ3n) is 3.88. The highest BCUT2D eigenvalue weighted by molar-refractivity contribution is 7.09. The average molecular weight is 341 g/mol. The maximum atomic E-state index is 11.9. The van der Waals surface area contributed by atoms with E-state index in [-0.39, 0.29) is 11.6 Å². The molecule has 0 bridgehead atoms. The Morgan fingerprint density at radius 3 is 2.58 bits per heavy atom. The van der Waals surface area contributed by atoms with E-state index in [9.17, 15) is 4.79 Å². The molecule has 0 aliphatic heterocycles. The summed E-state index contributed by atoms with van der Waals surface area (Å²) in [6, 6.07) is 3.84. The number of nitrogens with zero attached hydrogens (tertiary/aromatic N) is 3. The quantitative estimate of drug-likeness (QED) is 0.760. The number of anilines is 1. The first-order chi connectivity index (χ1) is 11.4. The first-order valence-corrected chi connectivity index (χ1v) is 8.54. The Labute approximate surface area is 144 Å². The van der Waals surface area contributed by atoms with E-state index in [0.29, 0.717) is 11.4 Å². The fourth-order valence-electron chi connectivity index (χ4n) is 2.28. The van der Waals surface area contributed by atoms with Gasteiger partial charge in [-0.05, 0) is 39.8 Å². The number of hydrogen-bond acceptors (Lipinski definition) is 6. The first kappa shape index (κ1) is 16.3. The Hall–Kier alpha value is -2.54. The molecule has 0 amide bonds. The number of aryl methyl sites for hydroxylation is 2. The second-order valence-corrected chi connectivity index (χ2v) is 6.78. The van der Waals surface area contributed by atoms with Gasteiger partial charge in [-0.25, -0.2) is 15.0 Å². The Balaban J connectivity index is 1.79. The Morgan fingerprint density at radius 1 is 1.21 bits per heavy atom. The molecule has 24 heavy (non-hydrogen) atoms. The second-order valence-electron chi connectivity index (χ2n) is 5.71. The summed E-state index contributed by atoms with van der Waals surface area (Å²) < 4.78 is 0. The van der Waals surface area contributed by atoms with Gasteiger partial charge < -0.3 is 10.3 Å². The van der Waals surface area contributed by atoms with E-state index in [1.165, 1.54) is 0 Å². The standard InChI is InChI=1S/C17H19N5OS/c1-9-10(2)20-16(22-17(9)23)13-5-6-15(18-7-13)19-11(3)14-8-24-12(4)21-14/h5-8,11H,1-4H3,(H,18,19)(H,20,22,23)/t11-/m0/s1. The molecule has 0 saturated heterocycles. The smallest absolute Gasteiger partial charge is 0.254 e. The van der Waals surface area contributed by atoms with Crippen molar-refractivity contribution in [1.29, 1.82) is 0 Å². The van der Waals surface area contributed by atoms with Crippen LogP contribution in [0.15, 0.2) is 28.5 Å². The van der Waals surface area contributed by atoms with Gasteiger partial charge in [-0.15, -0.1) is 11.3 Å². The molecule has 124 valence electrons. The number of rotatable bonds is 4. The van der Waals surface area contributed by atoms with Crippen molar-refractivity contribution in [2.75, 3.05) is 5.32 Å². The lowest BCUT2D eigenvalue weighted by Crippen LogP contribution is -2.14. The molecular weight excluding hydrogens is 322 g/mol. The number of hydrogen-bond donors (Lipinski definition) is 2. The van der Waals surface area contributed by atoms with Crippen molar-refractivity contribution in [3.8, 4) is 11.4 Å². The van der Waals surface area contributed by atoms with E-state index in [1.54, 1.807) is 24.5 Å². The van der Waals surface area contributed by atoms with Crippen molar-refractivity contribution in [2.45, 2.75) is 33.7 Å². The van der Waals surface area contributed by atoms with Crippen molar-refractivity contribution in [3.05, 3.63) is 56.0 Å². The number of nitrogens with one attached hydrogen (secondary N) is 2. The summed E-state index contributed by atoms with van der Waals surface area (Å²) in [5.74, 6) is 1.29. The molecule has 2 N–H and O–H groups in total. The van der Waals surface area contributed by atoms with Crippen LogP contribution in [0.25, 0.3) is 11.4 Å². The van der Waals surface area contributed by atoms with Gasteiger partial charge in [0.15, 0.2) is 0 Å². The normalized spacial score (nSPS) is 12.2. The maximum absolute atomic E-state index is 11.9. The topological polar surface area (TPSA) is 83.6 Å². The number of pyridine rings is 1. The highest BCUT2D eigenvalue weighted by Crippen LogP contribution is 2.21. The largest absolute Gasteiger partial charge is 0.362 e. The number of aromatic amines is 1. The average Bonchev–Trinajstić information content (AvgIpc) is 2.99. The van der Waals surface area contributed by atoms with Gasteiger partial charge in [0.25, 0.3) is 5.56 Å². The molecule has 0 spiro atoms. The van der Waals surface area contributed by atoms with E-state index in [1.807, 2.05) is 38.3 Å². The number of aromatic nitrogens is 4. The maximum Gasteiger partial charge on any atom is 0.254 e. The molecule has 1 atom stereocenters. The number of H-pyrrole nitrogens is 1. The third-order valence-corrected chi connectivity index (χ3v) is 4.67. The monoisotopic (exact) mass is 341 g/mol. The van der Waals surface area contributed by atoms with Gasteiger partial charge in [0.2, 0.25) is 0 Å². The lowest BCUT2D eigenvalue weighted by molar-refractivity contribution is 0.837. The molecule has 3 heterocycles. The van der Waals surface area contributed by atoms with Crippen LogP contribution in [0.2, 0.25) is 0 Å². The molecule has 0 fully saturated rings. The van der Waals surface area contributed by atoms with Crippen molar-refractivity contribution < 1.29 is 0 Å². The first-order valence-electron chi connectivity index (χ1n) is 7.66. The van der Waals surface area contributed by atoms with Crippen LogP contribution in [0.1, 0.15) is 34.9 Å². The summed E-state index contributed by atoms with van der Waals surface area (Å²) in [4.78, 5) is 28.0. The molecule has 0 saturated carbocycles. The van der Waals surface area contributed by atoms with Crippen LogP contribution in [0, 0.1) is 20.8 Å². The number of thiazole rings is 1. The van der Waals surface area contributed by atoms with Crippen LogP contribution in [0.4, 0.5) is 5.82 Å². The van der Waals surface area contributed by atoms with Crippen LogP contribution in [-0.4, -0.2) is 19.9 Å². The molecule has 3 rings (SSSR count). The molecule has 7 heteroatoms. The summed E-state index contributed by atoms with van der Waals surface area (Å²) in [7, 11) is 0. The SMILES string of the molecule is Cc1nc([C@H](C)Nc2ccc(-c3nc(C)c(C)c(=O)[nH]3)cn2)cs1. The zero-order valence-corrected chi connectivity index (χ0v) is 14.9. The van der Waals surface area contributed by atoms with Crippen molar-refractivity contribution in [2.24, 2.45) is 0 Å². The predicted molar refractivity (Wildman–Crippen MR) is 96.5 cm³/mol. The minimum Gasteiger partial charge on any atom is -0.362 e. The molecule has 3 aromatic heterocycles. The lowest BCUT2D eigenvalue weighted by Gasteiger charge is -2.12. The van der Waals surface area contributed by atoms with Crippen LogP contribution in [0.3, 0.4) is 0 Å². The highest BCUT2D eigenvalue weighted by atomic mass is 32.1. The Kier molecular flexibility index (Phi) is 4.44. The fourth-order valence-corrected chi connectivity index (χ4v) is 2.98. The Morgan fingerprint density at radius 2 is 2.00 bits per heavy atom. The molecule has 3 aromatic rings. The second kappa shape index (κ2) is 6.52. The fraction of sp³-hybridized carbons (Fsp3) is 0.294. The van der Waals surface area contributed by atoms with E-state index in [2.05, 4.69) is 25.3 Å². The van der Waals surface area contributed by atoms with Gasteiger partial charge >= 0.3 is 0 Å². The minimum absolute atomic E-state index is 0.0767. The molecular formula is C17H19N5OS. The van der Waals surface area contributed by atoms with Gasteiger partial charge in [0.1, 0.15) is 11.6 Å². The van der Waals surface area contributed by atoms with Crippen LogP contribution in [0.5, 0.6) is 0 Å². The third kappa shape index (κ3) is 3.35. The highest BCUT2D eigenvalue weighted by Gasteiger charge is 2.10. The van der Waals surface area contributed by atoms with Gasteiger partial charge in [-0.3, -0.25) is 4.79 Å². The van der Waals surface area contributed by atoms with E-state index < -0.39 is 0 Å². The van der Waals surface area contributed by atoms with Gasteiger partial charge in [0.05, 0.1) is 16.7 Å². The van der Waals surface area contributed by atoms with Gasteiger partial charge in [-0.1, -0.05) is 0 Å². The minimum atomic E-state index is -0.118. The summed E-state index contributed by atoms with van der Waals surface area (Å²) in [6.45, 7) is 7.63. The molecule has 0 radical (unpaired) electrons. The summed E-state index contributed by atoms with van der Waals surface area (Å²) in [6.07, 6.45) is 1.70. The van der Waals surface area contributed by atoms with Crippen molar-refractivity contribution >= 4 is 17.2 Å². The zero-order chi connectivity index (χ0) is 17.3. The predicted octanol–water partition coefficient (Wildman–Crippen LogP) is 3.39. The van der Waals surface area contributed by atoms with Crippen molar-refractivity contribution in [3.63, 3.8) is 0 Å². The molecule has 0 unspecified atom stereocenters. The van der Waals surface area contributed by atoms with Gasteiger partial charge in [0, 0.05) is 28.4 Å². The van der Waals surface area contributed by atoms with Crippen LogP contribution < -0.4 is 10.9 Å². The van der Waals surface area contributed by atoms with E-state index in [4.69, 9.17) is 0 Å². The van der Waals surface area contributed by atoms with E-state index in [0.717, 1.165) is 27.8 Å². The lowest BCUT2D eigenvalue weighted by atomic mass is 10.2. The molecule has 0 aromatic carbocycles. The van der Waals surface area contributed by atoms with Crippen molar-refractivity contribution in [1.82, 2.24) is 19.9 Å². The molecule has 0 aliphatic carbocycles. The molecule has 6 nitrogen and oxygen atoms in total. The Bertz CT molecular complexity index is 913. The van der Waals surface area contributed by atoms with Gasteiger partial charge in [-0.2, -0.15) is 0 Å². The van der Waals surface area contributed by atoms with E-state index >= 15 is 0 Å². The molecule has 0 aliphatic rings. The van der Waals surface area contributed by atoms with Crippen LogP contribution in [-0.2, 0) is 0 Å².